The van der Waals surface area contributed by atoms with E-state index in [0.717, 1.165) is 5.69 Å². The standard InChI is InChI=1S/C29H27FN6O4/c1-29(2,3)26-14-27(36(35-26)19-6-4-5-18(11-19)16-37)34-28(38)33-23-8-7-20(12-22(23)30)40-21-9-10-32-24(13-21)25-15-31-17-39-25/h4-15,17,37H,16H2,1-3H3,(H2,33,34,38). The number of amides is 2. The van der Waals surface area contributed by atoms with Crippen molar-refractivity contribution in [2.45, 2.75) is 32.8 Å². The van der Waals surface area contributed by atoms with Crippen LogP contribution >= 0.6 is 0 Å². The van der Waals surface area contributed by atoms with Crippen LogP contribution in [-0.2, 0) is 12.0 Å². The van der Waals surface area contributed by atoms with Crippen LogP contribution in [0.15, 0.2) is 83.9 Å². The summed E-state index contributed by atoms with van der Waals surface area (Å²) in [5.74, 6) is 0.830. The first-order chi connectivity index (χ1) is 19.2. The molecule has 3 N–H and O–H groups in total. The van der Waals surface area contributed by atoms with Gasteiger partial charge in [0.1, 0.15) is 28.8 Å². The highest BCUT2D eigenvalue weighted by Gasteiger charge is 2.22. The third kappa shape index (κ3) is 6.00. The molecule has 0 radical (unpaired) electrons. The molecule has 5 rings (SSSR count). The van der Waals surface area contributed by atoms with Crippen LogP contribution in [-0.4, -0.2) is 30.9 Å². The number of carbonyl (C=O) groups is 1. The summed E-state index contributed by atoms with van der Waals surface area (Å²) < 4.78 is 27.5. The number of nitrogens with zero attached hydrogens (tertiary/aromatic N) is 4. The highest BCUT2D eigenvalue weighted by Crippen LogP contribution is 2.29. The summed E-state index contributed by atoms with van der Waals surface area (Å²) in [7, 11) is 0. The number of aliphatic hydroxyl groups excluding tert-OH is 1. The fourth-order valence-corrected chi connectivity index (χ4v) is 3.84. The molecule has 0 aliphatic rings. The van der Waals surface area contributed by atoms with E-state index in [2.05, 4.69) is 25.7 Å². The predicted molar refractivity (Wildman–Crippen MR) is 147 cm³/mol. The maximum Gasteiger partial charge on any atom is 0.324 e. The van der Waals surface area contributed by atoms with E-state index < -0.39 is 11.8 Å². The fraction of sp³-hybridized carbons (Fsp3) is 0.172. The van der Waals surface area contributed by atoms with E-state index in [4.69, 9.17) is 9.15 Å². The van der Waals surface area contributed by atoms with Gasteiger partial charge in [-0.05, 0) is 35.9 Å². The Labute approximate surface area is 229 Å². The lowest BCUT2D eigenvalue weighted by Gasteiger charge is -2.14. The molecule has 204 valence electrons. The minimum atomic E-state index is -0.684. The molecule has 0 fully saturated rings. The van der Waals surface area contributed by atoms with Crippen molar-refractivity contribution in [3.8, 4) is 28.6 Å². The molecule has 0 saturated carbocycles. The van der Waals surface area contributed by atoms with E-state index in [0.29, 0.717) is 34.3 Å². The van der Waals surface area contributed by atoms with Gasteiger partial charge in [0.05, 0.1) is 29.9 Å². The molecule has 3 aromatic heterocycles. The Morgan fingerprint density at radius 1 is 1.07 bits per heavy atom. The van der Waals surface area contributed by atoms with Gasteiger partial charge in [0.25, 0.3) is 0 Å². The van der Waals surface area contributed by atoms with Crippen molar-refractivity contribution in [3.05, 3.63) is 96.5 Å². The smallest absolute Gasteiger partial charge is 0.324 e. The maximum atomic E-state index is 14.9. The van der Waals surface area contributed by atoms with Crippen LogP contribution in [0.2, 0.25) is 0 Å². The highest BCUT2D eigenvalue weighted by molar-refractivity contribution is 5.99. The summed E-state index contributed by atoms with van der Waals surface area (Å²) in [5, 5.41) is 19.5. The van der Waals surface area contributed by atoms with Gasteiger partial charge in [-0.15, -0.1) is 0 Å². The average molecular weight is 543 g/mol. The summed E-state index contributed by atoms with van der Waals surface area (Å²) in [5.41, 5.74) is 2.29. The topological polar surface area (TPSA) is 127 Å². The van der Waals surface area contributed by atoms with Gasteiger partial charge in [-0.2, -0.15) is 5.10 Å². The molecule has 5 aromatic rings. The number of nitrogens with one attached hydrogen (secondary N) is 2. The summed E-state index contributed by atoms with van der Waals surface area (Å²) in [6.07, 6.45) is 4.37. The molecule has 0 atom stereocenters. The van der Waals surface area contributed by atoms with Gasteiger partial charge < -0.3 is 19.6 Å². The molecule has 2 aromatic carbocycles. The molecular weight excluding hydrogens is 515 g/mol. The Bertz CT molecular complexity index is 1640. The third-order valence-electron chi connectivity index (χ3n) is 5.90. The third-order valence-corrected chi connectivity index (χ3v) is 5.90. The fourth-order valence-electron chi connectivity index (χ4n) is 3.84. The van der Waals surface area contributed by atoms with E-state index in [1.807, 2.05) is 26.8 Å². The van der Waals surface area contributed by atoms with E-state index in [1.165, 1.54) is 30.8 Å². The van der Waals surface area contributed by atoms with Gasteiger partial charge in [0.2, 0.25) is 0 Å². The van der Waals surface area contributed by atoms with E-state index >= 15 is 0 Å². The largest absolute Gasteiger partial charge is 0.457 e. The molecule has 0 unspecified atom stereocenters. The van der Waals surface area contributed by atoms with Crippen LogP contribution < -0.4 is 15.4 Å². The SMILES string of the molecule is CC(C)(C)c1cc(NC(=O)Nc2ccc(Oc3ccnc(-c4cnco4)c3)cc2F)n(-c2cccc(CO)c2)n1. The van der Waals surface area contributed by atoms with Crippen LogP contribution in [0.3, 0.4) is 0 Å². The minimum absolute atomic E-state index is 0.0358. The Kier molecular flexibility index (Phi) is 7.30. The van der Waals surface area contributed by atoms with Crippen molar-refractivity contribution < 1.29 is 23.4 Å². The number of ether oxygens (including phenoxy) is 1. The van der Waals surface area contributed by atoms with E-state index in [9.17, 15) is 14.3 Å². The number of aromatic nitrogens is 4. The van der Waals surface area contributed by atoms with E-state index in [1.54, 1.807) is 47.3 Å². The van der Waals surface area contributed by atoms with Crippen molar-refractivity contribution in [3.63, 3.8) is 0 Å². The molecule has 0 saturated heterocycles. The number of urea groups is 1. The summed E-state index contributed by atoms with van der Waals surface area (Å²) in [4.78, 5) is 21.0. The molecule has 0 aliphatic heterocycles. The predicted octanol–water partition coefficient (Wildman–Crippen LogP) is 6.29. The Hall–Kier alpha value is -5.03. The number of pyridine rings is 1. The highest BCUT2D eigenvalue weighted by atomic mass is 19.1. The van der Waals surface area contributed by atoms with E-state index in [-0.39, 0.29) is 23.5 Å². The lowest BCUT2D eigenvalue weighted by Crippen LogP contribution is -2.22. The molecule has 0 spiro atoms. The Balaban J connectivity index is 1.32. The normalized spacial score (nSPS) is 11.3. The molecular formula is C29H27FN6O4. The number of hydrogen-bond donors (Lipinski definition) is 3. The lowest BCUT2D eigenvalue weighted by atomic mass is 9.92. The van der Waals surface area contributed by atoms with Crippen molar-refractivity contribution in [2.24, 2.45) is 0 Å². The van der Waals surface area contributed by atoms with Crippen molar-refractivity contribution >= 4 is 17.5 Å². The van der Waals surface area contributed by atoms with Gasteiger partial charge in [0.15, 0.2) is 12.2 Å². The first-order valence-corrected chi connectivity index (χ1v) is 12.4. The van der Waals surface area contributed by atoms with Gasteiger partial charge in [-0.3, -0.25) is 10.3 Å². The van der Waals surface area contributed by atoms with Gasteiger partial charge in [-0.25, -0.2) is 18.9 Å². The number of anilines is 2. The van der Waals surface area contributed by atoms with Crippen molar-refractivity contribution in [1.82, 2.24) is 19.7 Å². The second-order valence-electron chi connectivity index (χ2n) is 9.97. The number of halogens is 1. The zero-order valence-corrected chi connectivity index (χ0v) is 22.1. The molecule has 0 aliphatic carbocycles. The van der Waals surface area contributed by atoms with Crippen LogP contribution in [0.25, 0.3) is 17.1 Å². The number of carbonyl (C=O) groups excluding carboxylic acids is 1. The number of aliphatic hydroxyl groups is 1. The first kappa shape index (κ1) is 26.6. The Morgan fingerprint density at radius 2 is 1.90 bits per heavy atom. The summed E-state index contributed by atoms with van der Waals surface area (Å²) in [6, 6.07) is 15.7. The maximum absolute atomic E-state index is 14.9. The van der Waals surface area contributed by atoms with Crippen molar-refractivity contribution in [2.75, 3.05) is 10.6 Å². The Morgan fingerprint density at radius 3 is 2.62 bits per heavy atom. The molecule has 0 bridgehead atoms. The number of oxazole rings is 1. The van der Waals surface area contributed by atoms with Crippen LogP contribution in [0.5, 0.6) is 11.5 Å². The number of rotatable bonds is 7. The molecule has 11 heteroatoms. The van der Waals surface area contributed by atoms with Gasteiger partial charge in [0, 0.05) is 29.8 Å². The minimum Gasteiger partial charge on any atom is -0.457 e. The van der Waals surface area contributed by atoms with Crippen LogP contribution in [0, 0.1) is 5.82 Å². The monoisotopic (exact) mass is 542 g/mol. The lowest BCUT2D eigenvalue weighted by molar-refractivity contribution is 0.262. The molecule has 10 nitrogen and oxygen atoms in total. The molecule has 2 amide bonds. The van der Waals surface area contributed by atoms with Crippen LogP contribution in [0.4, 0.5) is 20.7 Å². The second-order valence-corrected chi connectivity index (χ2v) is 9.97. The quantitative estimate of drug-likeness (QED) is 0.221. The number of benzene rings is 2. The zero-order chi connectivity index (χ0) is 28.3. The first-order valence-electron chi connectivity index (χ1n) is 12.4. The zero-order valence-electron chi connectivity index (χ0n) is 22.1. The summed E-state index contributed by atoms with van der Waals surface area (Å²) >= 11 is 0. The van der Waals surface area contributed by atoms with Gasteiger partial charge >= 0.3 is 6.03 Å². The van der Waals surface area contributed by atoms with Gasteiger partial charge in [-0.1, -0.05) is 32.9 Å². The molecule has 3 heterocycles. The number of hydrogen-bond acceptors (Lipinski definition) is 7. The average Bonchev–Trinajstić information content (AvgIpc) is 3.61. The van der Waals surface area contributed by atoms with Crippen molar-refractivity contribution in [1.29, 1.82) is 0 Å². The van der Waals surface area contributed by atoms with Crippen LogP contribution in [0.1, 0.15) is 32.0 Å². The second kappa shape index (κ2) is 11.0. The summed E-state index contributed by atoms with van der Waals surface area (Å²) in [6.45, 7) is 5.89. The molecule has 40 heavy (non-hydrogen) atoms.